The molecule has 8 nitrogen and oxygen atoms in total. The first kappa shape index (κ1) is 32.0. The predicted octanol–water partition coefficient (Wildman–Crippen LogP) is 4.84. The highest BCUT2D eigenvalue weighted by atomic mass is 35.5. The van der Waals surface area contributed by atoms with Gasteiger partial charge in [0.05, 0.1) is 19.1 Å². The summed E-state index contributed by atoms with van der Waals surface area (Å²) < 4.78 is 32.4. The Bertz CT molecular complexity index is 1450. The summed E-state index contributed by atoms with van der Waals surface area (Å²) in [5.41, 5.74) is 2.43. The van der Waals surface area contributed by atoms with Crippen LogP contribution in [-0.2, 0) is 32.6 Å². The van der Waals surface area contributed by atoms with E-state index >= 15 is 0 Å². The lowest BCUT2D eigenvalue weighted by atomic mass is 10.0. The van der Waals surface area contributed by atoms with E-state index in [1.807, 2.05) is 50.2 Å². The molecule has 41 heavy (non-hydrogen) atoms. The van der Waals surface area contributed by atoms with Crippen LogP contribution in [0.4, 0.5) is 5.69 Å². The van der Waals surface area contributed by atoms with Crippen LogP contribution < -0.4 is 14.4 Å². The Hall–Kier alpha value is -3.56. The Morgan fingerprint density at radius 2 is 1.63 bits per heavy atom. The van der Waals surface area contributed by atoms with Crippen molar-refractivity contribution in [3.05, 3.63) is 94.5 Å². The Morgan fingerprint density at radius 1 is 0.976 bits per heavy atom. The van der Waals surface area contributed by atoms with Crippen LogP contribution >= 0.6 is 11.6 Å². The fourth-order valence-electron chi connectivity index (χ4n) is 4.41. The normalized spacial score (nSPS) is 12.1. The molecule has 3 rings (SSSR count). The Labute approximate surface area is 248 Å². The van der Waals surface area contributed by atoms with E-state index in [0.717, 1.165) is 21.7 Å². The number of amides is 2. The molecule has 0 radical (unpaired) electrons. The van der Waals surface area contributed by atoms with E-state index in [1.165, 1.54) is 4.90 Å². The second kappa shape index (κ2) is 14.4. The monoisotopic (exact) mass is 599 g/mol. The maximum absolute atomic E-state index is 14.2. The lowest BCUT2D eigenvalue weighted by molar-refractivity contribution is -0.140. The molecule has 0 aliphatic rings. The van der Waals surface area contributed by atoms with Crippen LogP contribution in [0.15, 0.2) is 72.8 Å². The molecule has 0 saturated heterocycles. The molecule has 0 heterocycles. The maximum Gasteiger partial charge on any atom is 0.244 e. The lowest BCUT2D eigenvalue weighted by Gasteiger charge is -2.34. The number of benzene rings is 3. The number of hydrogen-bond donors (Lipinski definition) is 1. The third kappa shape index (κ3) is 8.96. The molecule has 2 amide bonds. The van der Waals surface area contributed by atoms with Crippen LogP contribution in [0.5, 0.6) is 5.75 Å². The van der Waals surface area contributed by atoms with Gasteiger partial charge in [-0.2, -0.15) is 0 Å². The summed E-state index contributed by atoms with van der Waals surface area (Å²) in [5.74, 6) is -0.0432. The molecule has 3 aromatic carbocycles. The molecule has 0 aliphatic heterocycles. The van der Waals surface area contributed by atoms with Gasteiger partial charge in [0.2, 0.25) is 21.8 Å². The summed E-state index contributed by atoms with van der Waals surface area (Å²) in [6.45, 7) is 5.67. The molecule has 10 heteroatoms. The molecule has 0 fully saturated rings. The number of nitrogens with one attached hydrogen (secondary N) is 1. The summed E-state index contributed by atoms with van der Waals surface area (Å²) in [6, 6.07) is 20.7. The molecule has 1 N–H and O–H groups in total. The number of ether oxygens (including phenoxy) is 1. The van der Waals surface area contributed by atoms with Crippen LogP contribution in [0.3, 0.4) is 0 Å². The molecule has 0 aliphatic carbocycles. The molecule has 0 spiro atoms. The zero-order chi connectivity index (χ0) is 30.2. The van der Waals surface area contributed by atoms with Crippen molar-refractivity contribution in [3.8, 4) is 5.75 Å². The van der Waals surface area contributed by atoms with E-state index in [4.69, 9.17) is 16.3 Å². The molecule has 1 atom stereocenters. The van der Waals surface area contributed by atoms with Crippen molar-refractivity contribution in [1.29, 1.82) is 0 Å². The molecule has 0 saturated carbocycles. The van der Waals surface area contributed by atoms with Crippen molar-refractivity contribution in [2.75, 3.05) is 30.8 Å². The van der Waals surface area contributed by atoms with Crippen molar-refractivity contribution >= 4 is 39.1 Å². The summed E-state index contributed by atoms with van der Waals surface area (Å²) in [6.07, 6.45) is 1.29. The van der Waals surface area contributed by atoms with Gasteiger partial charge in [-0.3, -0.25) is 13.9 Å². The second-order valence-corrected chi connectivity index (χ2v) is 12.7. The minimum absolute atomic E-state index is 0.0642. The Balaban J connectivity index is 2.09. The number of methoxy groups -OCH3 is 1. The van der Waals surface area contributed by atoms with Crippen LogP contribution in [0.2, 0.25) is 5.02 Å². The van der Waals surface area contributed by atoms with Gasteiger partial charge >= 0.3 is 0 Å². The fourth-order valence-corrected chi connectivity index (χ4v) is 5.47. The first-order valence-corrected chi connectivity index (χ1v) is 15.6. The third-order valence-corrected chi connectivity index (χ3v) is 8.17. The highest BCUT2D eigenvalue weighted by Crippen LogP contribution is 2.29. The van der Waals surface area contributed by atoms with Crippen LogP contribution in [0, 0.1) is 12.8 Å². The van der Waals surface area contributed by atoms with Gasteiger partial charge in [0.1, 0.15) is 18.3 Å². The van der Waals surface area contributed by atoms with E-state index in [1.54, 1.807) is 50.4 Å². The molecule has 0 aromatic heterocycles. The predicted molar refractivity (Wildman–Crippen MR) is 164 cm³/mol. The number of rotatable bonds is 13. The zero-order valence-corrected chi connectivity index (χ0v) is 25.7. The molecular weight excluding hydrogens is 562 g/mol. The van der Waals surface area contributed by atoms with Gasteiger partial charge in [0, 0.05) is 24.5 Å². The summed E-state index contributed by atoms with van der Waals surface area (Å²) in [5, 5.41) is 3.35. The first-order chi connectivity index (χ1) is 19.4. The zero-order valence-electron chi connectivity index (χ0n) is 24.1. The number of hydrogen-bond acceptors (Lipinski definition) is 5. The number of halogens is 1. The topological polar surface area (TPSA) is 96.0 Å². The maximum atomic E-state index is 14.2. The lowest BCUT2D eigenvalue weighted by Crippen LogP contribution is -2.53. The third-order valence-electron chi connectivity index (χ3n) is 6.63. The van der Waals surface area contributed by atoms with Gasteiger partial charge in [-0.1, -0.05) is 74.0 Å². The fraction of sp³-hybridized carbons (Fsp3) is 0.355. The van der Waals surface area contributed by atoms with Crippen molar-refractivity contribution in [2.24, 2.45) is 5.92 Å². The van der Waals surface area contributed by atoms with E-state index in [9.17, 15) is 18.0 Å². The Kier molecular flexibility index (Phi) is 11.2. The summed E-state index contributed by atoms with van der Waals surface area (Å²) in [4.78, 5) is 29.3. The highest BCUT2D eigenvalue weighted by molar-refractivity contribution is 7.92. The molecule has 0 bridgehead atoms. The first-order valence-electron chi connectivity index (χ1n) is 13.4. The van der Waals surface area contributed by atoms with Gasteiger partial charge in [0.25, 0.3) is 0 Å². The number of anilines is 1. The summed E-state index contributed by atoms with van der Waals surface area (Å²) in [7, 11) is -2.34. The van der Waals surface area contributed by atoms with Crippen molar-refractivity contribution in [1.82, 2.24) is 10.2 Å². The molecule has 220 valence electrons. The average Bonchev–Trinajstić information content (AvgIpc) is 2.94. The van der Waals surface area contributed by atoms with Gasteiger partial charge < -0.3 is 15.0 Å². The smallest absolute Gasteiger partial charge is 0.244 e. The standard InChI is InChI=1S/C31H38ClN3O5S/c1-22(2)19-33-31(37)29(18-24-11-7-6-8-12-24)34(20-25-13-9-14-26(17-25)40-4)30(36)21-35(41(5,38)39)28-16-10-15-27(32)23(28)3/h6-17,22,29H,18-21H2,1-5H3,(H,33,37)/t29-/m0/s1. The van der Waals surface area contributed by atoms with Crippen LogP contribution in [0.1, 0.15) is 30.5 Å². The average molecular weight is 600 g/mol. The number of carbonyl (C=O) groups excluding carboxylic acids is 2. The quantitative estimate of drug-likeness (QED) is 0.303. The number of nitrogens with zero attached hydrogens (tertiary/aromatic N) is 2. The number of carbonyl (C=O) groups is 2. The van der Waals surface area contributed by atoms with Gasteiger partial charge in [0.15, 0.2) is 0 Å². The van der Waals surface area contributed by atoms with Crippen molar-refractivity contribution in [3.63, 3.8) is 0 Å². The van der Waals surface area contributed by atoms with E-state index < -0.39 is 28.5 Å². The summed E-state index contributed by atoms with van der Waals surface area (Å²) >= 11 is 6.30. The van der Waals surface area contributed by atoms with Crippen LogP contribution in [-0.4, -0.2) is 57.6 Å². The minimum Gasteiger partial charge on any atom is -0.497 e. The highest BCUT2D eigenvalue weighted by Gasteiger charge is 2.33. The minimum atomic E-state index is -3.89. The van der Waals surface area contributed by atoms with Gasteiger partial charge in [-0.15, -0.1) is 0 Å². The van der Waals surface area contributed by atoms with Gasteiger partial charge in [-0.25, -0.2) is 8.42 Å². The second-order valence-electron chi connectivity index (χ2n) is 10.4. The molecule has 3 aromatic rings. The molecule has 0 unspecified atom stereocenters. The van der Waals surface area contributed by atoms with E-state index in [2.05, 4.69) is 5.32 Å². The largest absolute Gasteiger partial charge is 0.497 e. The van der Waals surface area contributed by atoms with E-state index in [0.29, 0.717) is 28.6 Å². The SMILES string of the molecule is COc1cccc(CN(C(=O)CN(c2cccc(Cl)c2C)S(C)(=O)=O)[C@@H](Cc2ccccc2)C(=O)NCC(C)C)c1. The van der Waals surface area contributed by atoms with E-state index in [-0.39, 0.29) is 24.8 Å². The van der Waals surface area contributed by atoms with Crippen molar-refractivity contribution < 1.29 is 22.7 Å². The molecular formula is C31H38ClN3O5S. The Morgan fingerprint density at radius 3 is 2.27 bits per heavy atom. The van der Waals surface area contributed by atoms with Gasteiger partial charge in [-0.05, 0) is 53.8 Å². The van der Waals surface area contributed by atoms with Crippen molar-refractivity contribution in [2.45, 2.75) is 39.8 Å². The van der Waals surface area contributed by atoms with Crippen LogP contribution in [0.25, 0.3) is 0 Å². The number of sulfonamides is 1.